The third-order valence-electron chi connectivity index (χ3n) is 5.82. The third kappa shape index (κ3) is 5.00. The van der Waals surface area contributed by atoms with Crippen LogP contribution in [0.1, 0.15) is 17.5 Å². The summed E-state index contributed by atoms with van der Waals surface area (Å²) in [5, 5.41) is 9.82. The number of likely N-dealkylation sites (tertiary alicyclic amines) is 1. The minimum atomic E-state index is -0.137. The Hall–Kier alpha value is -1.01. The van der Waals surface area contributed by atoms with E-state index in [1.807, 2.05) is 19.1 Å². The summed E-state index contributed by atoms with van der Waals surface area (Å²) >= 11 is 0. The van der Waals surface area contributed by atoms with Crippen LogP contribution in [0.3, 0.4) is 0 Å². The van der Waals surface area contributed by atoms with Crippen LogP contribution in [0.2, 0.25) is 0 Å². The Kier molecular flexibility index (Phi) is 6.44. The van der Waals surface area contributed by atoms with Crippen molar-refractivity contribution in [2.45, 2.75) is 19.9 Å². The second-order valence-electron chi connectivity index (χ2n) is 7.94. The van der Waals surface area contributed by atoms with Crippen LogP contribution in [0.25, 0.3) is 0 Å². The average molecular weight is 349 g/mol. The number of hydrogen-bond acceptors (Lipinski definition) is 4. The molecule has 2 fully saturated rings. The largest absolute Gasteiger partial charge is 0.396 e. The zero-order valence-corrected chi connectivity index (χ0v) is 15.6. The van der Waals surface area contributed by atoms with E-state index in [-0.39, 0.29) is 12.4 Å². The Morgan fingerprint density at radius 3 is 2.64 bits per heavy atom. The molecule has 1 aromatic carbocycles. The Bertz CT molecular complexity index is 568. The summed E-state index contributed by atoms with van der Waals surface area (Å²) in [6.07, 6.45) is 1.23. The van der Waals surface area contributed by atoms with E-state index in [1.54, 1.807) is 6.07 Å². The van der Waals surface area contributed by atoms with Crippen molar-refractivity contribution in [2.75, 3.05) is 59.5 Å². The van der Waals surface area contributed by atoms with Crippen LogP contribution in [0.5, 0.6) is 0 Å². The highest BCUT2D eigenvalue weighted by atomic mass is 19.1. The highest BCUT2D eigenvalue weighted by molar-refractivity contribution is 5.24. The summed E-state index contributed by atoms with van der Waals surface area (Å²) < 4.78 is 13.5. The van der Waals surface area contributed by atoms with E-state index in [2.05, 4.69) is 21.7 Å². The topological polar surface area (TPSA) is 30.0 Å². The van der Waals surface area contributed by atoms with Crippen molar-refractivity contribution < 1.29 is 9.50 Å². The fourth-order valence-corrected chi connectivity index (χ4v) is 4.26. The fourth-order valence-electron chi connectivity index (χ4n) is 4.26. The monoisotopic (exact) mass is 349 g/mol. The Balaban J connectivity index is 1.57. The molecule has 0 saturated carbocycles. The van der Waals surface area contributed by atoms with Crippen molar-refractivity contribution >= 4 is 0 Å². The quantitative estimate of drug-likeness (QED) is 0.878. The smallest absolute Gasteiger partial charge is 0.126 e. The van der Waals surface area contributed by atoms with E-state index >= 15 is 0 Å². The number of benzene rings is 1. The lowest BCUT2D eigenvalue weighted by Crippen LogP contribution is -2.36. The predicted molar refractivity (Wildman–Crippen MR) is 99.0 cm³/mol. The molecule has 2 aliphatic rings. The molecule has 0 radical (unpaired) electrons. The van der Waals surface area contributed by atoms with Gasteiger partial charge in [-0.25, -0.2) is 4.39 Å². The third-order valence-corrected chi connectivity index (χ3v) is 5.82. The highest BCUT2D eigenvalue weighted by Crippen LogP contribution is 2.26. The summed E-state index contributed by atoms with van der Waals surface area (Å²) in [5.41, 5.74) is 1.87. The first-order valence-electron chi connectivity index (χ1n) is 9.54. The summed E-state index contributed by atoms with van der Waals surface area (Å²) in [7, 11) is 2.20. The molecule has 1 aromatic rings. The van der Waals surface area contributed by atoms with Crippen molar-refractivity contribution in [2.24, 2.45) is 11.8 Å². The number of rotatable bonds is 5. The lowest BCUT2D eigenvalue weighted by molar-refractivity contribution is 0.165. The van der Waals surface area contributed by atoms with Gasteiger partial charge in [0.05, 0.1) is 0 Å². The summed E-state index contributed by atoms with van der Waals surface area (Å²) in [6.45, 7) is 10.6. The van der Waals surface area contributed by atoms with Gasteiger partial charge in [-0.1, -0.05) is 12.1 Å². The zero-order valence-electron chi connectivity index (χ0n) is 15.6. The SMILES string of the molecule is Cc1cc(CN2C[C@@H](CN3CCCN(C)CC3)[C@@H](CO)C2)ccc1F. The van der Waals surface area contributed by atoms with Crippen LogP contribution in [0.4, 0.5) is 4.39 Å². The van der Waals surface area contributed by atoms with Crippen LogP contribution in [0, 0.1) is 24.6 Å². The first kappa shape index (κ1) is 18.8. The molecule has 0 unspecified atom stereocenters. The van der Waals surface area contributed by atoms with Gasteiger partial charge in [0.15, 0.2) is 0 Å². The summed E-state index contributed by atoms with van der Waals surface area (Å²) in [6, 6.07) is 5.39. The van der Waals surface area contributed by atoms with Gasteiger partial charge < -0.3 is 14.9 Å². The molecule has 0 aliphatic carbocycles. The van der Waals surface area contributed by atoms with E-state index in [0.717, 1.165) is 51.4 Å². The molecule has 2 saturated heterocycles. The second-order valence-corrected chi connectivity index (χ2v) is 7.94. The van der Waals surface area contributed by atoms with E-state index in [0.29, 0.717) is 17.4 Å². The number of nitrogens with zero attached hydrogens (tertiary/aromatic N) is 3. The Morgan fingerprint density at radius 2 is 1.88 bits per heavy atom. The predicted octanol–water partition coefficient (Wildman–Crippen LogP) is 1.81. The van der Waals surface area contributed by atoms with Gasteiger partial charge in [0.2, 0.25) is 0 Å². The molecular formula is C20H32FN3O. The van der Waals surface area contributed by atoms with Crippen LogP contribution in [-0.2, 0) is 6.54 Å². The fraction of sp³-hybridized carbons (Fsp3) is 0.700. The van der Waals surface area contributed by atoms with E-state index < -0.39 is 0 Å². The number of aliphatic hydroxyl groups excluding tert-OH is 1. The lowest BCUT2D eigenvalue weighted by Gasteiger charge is -2.26. The van der Waals surface area contributed by atoms with Gasteiger partial charge in [0.25, 0.3) is 0 Å². The number of hydrogen-bond donors (Lipinski definition) is 1. The molecule has 25 heavy (non-hydrogen) atoms. The summed E-state index contributed by atoms with van der Waals surface area (Å²) in [5.74, 6) is 0.736. The minimum absolute atomic E-state index is 0.137. The van der Waals surface area contributed by atoms with Crippen molar-refractivity contribution in [3.63, 3.8) is 0 Å². The molecule has 2 aliphatic heterocycles. The maximum absolute atomic E-state index is 13.5. The molecule has 2 atom stereocenters. The van der Waals surface area contributed by atoms with Gasteiger partial charge in [-0.05, 0) is 62.5 Å². The molecule has 0 spiro atoms. The van der Waals surface area contributed by atoms with Crippen LogP contribution < -0.4 is 0 Å². The van der Waals surface area contributed by atoms with E-state index in [4.69, 9.17) is 0 Å². The lowest BCUT2D eigenvalue weighted by atomic mass is 9.96. The number of likely N-dealkylation sites (N-methyl/N-ethyl adjacent to an activating group) is 1. The van der Waals surface area contributed by atoms with E-state index in [1.165, 1.54) is 13.0 Å². The van der Waals surface area contributed by atoms with Gasteiger partial charge in [0.1, 0.15) is 5.82 Å². The van der Waals surface area contributed by atoms with Crippen molar-refractivity contribution in [1.29, 1.82) is 0 Å². The number of aliphatic hydroxyl groups is 1. The van der Waals surface area contributed by atoms with Gasteiger partial charge in [-0.15, -0.1) is 0 Å². The normalized spacial score (nSPS) is 26.9. The molecule has 5 heteroatoms. The minimum Gasteiger partial charge on any atom is -0.396 e. The zero-order chi connectivity index (χ0) is 17.8. The standard InChI is InChI=1S/C20H32FN3O/c1-16-10-17(4-5-20(16)21)11-24-13-18(19(14-24)15-25)12-23-7-3-6-22(2)8-9-23/h4-5,10,18-19,25H,3,6-9,11-15H2,1-2H3/t18-,19-/m1/s1. The highest BCUT2D eigenvalue weighted by Gasteiger charge is 2.33. The Labute approximate surface area is 151 Å². The summed E-state index contributed by atoms with van der Waals surface area (Å²) in [4.78, 5) is 7.39. The number of aryl methyl sites for hydroxylation is 1. The van der Waals surface area contributed by atoms with Gasteiger partial charge >= 0.3 is 0 Å². The molecule has 0 aromatic heterocycles. The van der Waals surface area contributed by atoms with Crippen LogP contribution in [-0.4, -0.2) is 79.3 Å². The van der Waals surface area contributed by atoms with Crippen LogP contribution >= 0.6 is 0 Å². The van der Waals surface area contributed by atoms with Crippen molar-refractivity contribution in [3.8, 4) is 0 Å². The van der Waals surface area contributed by atoms with Crippen LogP contribution in [0.15, 0.2) is 18.2 Å². The molecule has 2 heterocycles. The first-order chi connectivity index (χ1) is 12.0. The average Bonchev–Trinajstić information content (AvgIpc) is 2.84. The Morgan fingerprint density at radius 1 is 1.08 bits per heavy atom. The van der Waals surface area contributed by atoms with E-state index in [9.17, 15) is 9.50 Å². The molecule has 1 N–H and O–H groups in total. The molecule has 4 nitrogen and oxygen atoms in total. The van der Waals surface area contributed by atoms with Crippen molar-refractivity contribution in [1.82, 2.24) is 14.7 Å². The van der Waals surface area contributed by atoms with Crippen molar-refractivity contribution in [3.05, 3.63) is 35.1 Å². The maximum atomic E-state index is 13.5. The molecular weight excluding hydrogens is 317 g/mol. The van der Waals surface area contributed by atoms with Gasteiger partial charge in [-0.3, -0.25) is 4.90 Å². The van der Waals surface area contributed by atoms with Gasteiger partial charge in [-0.2, -0.15) is 0 Å². The van der Waals surface area contributed by atoms with Gasteiger partial charge in [0, 0.05) is 45.9 Å². The number of halogens is 1. The first-order valence-corrected chi connectivity index (χ1v) is 9.54. The maximum Gasteiger partial charge on any atom is 0.126 e. The molecule has 0 bridgehead atoms. The molecule has 0 amide bonds. The second kappa shape index (κ2) is 8.58. The molecule has 140 valence electrons. The molecule has 3 rings (SSSR count).